The Balaban J connectivity index is 2.32. The fraction of sp³-hybridized carbons (Fsp3) is 1.00. The van der Waals surface area contributed by atoms with Crippen molar-refractivity contribution >= 4 is 23.5 Å². The Morgan fingerprint density at radius 2 is 0.605 bits per heavy atom. The highest BCUT2D eigenvalue weighted by molar-refractivity contribution is 8.18. The summed E-state index contributed by atoms with van der Waals surface area (Å²) in [5.41, 5.74) is 0. The minimum Gasteiger partial charge on any atom is -0.144 e. The van der Waals surface area contributed by atoms with Gasteiger partial charge in [0, 0.05) is 0 Å². The van der Waals surface area contributed by atoms with Crippen LogP contribution in [0.4, 0.5) is 0 Å². The van der Waals surface area contributed by atoms with E-state index in [0.717, 1.165) is 0 Å². The Morgan fingerprint density at radius 1 is 0.342 bits per heavy atom. The molecule has 0 heterocycles. The highest BCUT2D eigenvalue weighted by Crippen LogP contribution is 2.47. The molecule has 0 nitrogen and oxygen atoms in total. The van der Waals surface area contributed by atoms with Crippen LogP contribution in [0.3, 0.4) is 0 Å². The van der Waals surface area contributed by atoms with Crippen molar-refractivity contribution in [2.24, 2.45) is 0 Å². The Bertz CT molecular complexity index is 409. The van der Waals surface area contributed by atoms with Gasteiger partial charge in [-0.25, -0.2) is 0 Å². The standard InChI is InChI=1S/C36H72S2/c1-3-5-7-9-11-13-18-22-26-30-34-37-36(32-28-24-20-16-15-17-21-25-29-33-36)38-35-31-27-23-19-14-12-10-8-6-4-2/h3-35H2,1-2H3. The molecule has 0 aliphatic heterocycles. The summed E-state index contributed by atoms with van der Waals surface area (Å²) in [5.74, 6) is 2.84. The molecular formula is C36H72S2. The highest BCUT2D eigenvalue weighted by Gasteiger charge is 2.30. The first kappa shape index (κ1) is 36.7. The molecule has 0 atom stereocenters. The van der Waals surface area contributed by atoms with Gasteiger partial charge in [0.15, 0.2) is 0 Å². The third kappa shape index (κ3) is 23.4. The van der Waals surface area contributed by atoms with E-state index in [1.807, 2.05) is 0 Å². The van der Waals surface area contributed by atoms with Crippen LogP contribution < -0.4 is 0 Å². The van der Waals surface area contributed by atoms with Crippen LogP contribution in [-0.4, -0.2) is 15.6 Å². The predicted molar refractivity (Wildman–Crippen MR) is 182 cm³/mol. The monoisotopic (exact) mass is 569 g/mol. The van der Waals surface area contributed by atoms with E-state index < -0.39 is 0 Å². The van der Waals surface area contributed by atoms with Gasteiger partial charge >= 0.3 is 0 Å². The van der Waals surface area contributed by atoms with Gasteiger partial charge in [0.1, 0.15) is 0 Å². The van der Waals surface area contributed by atoms with Crippen molar-refractivity contribution in [1.29, 1.82) is 0 Å². The quantitative estimate of drug-likeness (QED) is 0.0838. The summed E-state index contributed by atoms with van der Waals surface area (Å²) in [6.45, 7) is 4.64. The zero-order valence-corrected chi connectivity index (χ0v) is 28.3. The maximum atomic E-state index is 2.42. The minimum atomic E-state index is 0.539. The van der Waals surface area contributed by atoms with E-state index in [1.165, 1.54) is 211 Å². The zero-order chi connectivity index (χ0) is 27.2. The maximum absolute atomic E-state index is 2.42. The molecule has 2 heteroatoms. The van der Waals surface area contributed by atoms with Gasteiger partial charge < -0.3 is 0 Å². The second-order valence-corrected chi connectivity index (χ2v) is 15.9. The number of hydrogen-bond donors (Lipinski definition) is 0. The molecule has 0 aromatic rings. The molecule has 0 saturated heterocycles. The summed E-state index contributed by atoms with van der Waals surface area (Å²) in [5, 5.41) is 0. The van der Waals surface area contributed by atoms with E-state index in [-0.39, 0.29) is 0 Å². The molecule has 1 aliphatic carbocycles. The lowest BCUT2D eigenvalue weighted by Crippen LogP contribution is -2.22. The molecule has 0 aromatic carbocycles. The molecule has 1 rings (SSSR count). The summed E-state index contributed by atoms with van der Waals surface area (Å²) >= 11 is 4.83. The van der Waals surface area contributed by atoms with E-state index >= 15 is 0 Å². The molecule has 0 unspecified atom stereocenters. The number of unbranched alkanes of at least 4 members (excludes halogenated alkanes) is 18. The minimum absolute atomic E-state index is 0.539. The van der Waals surface area contributed by atoms with Gasteiger partial charge in [-0.2, -0.15) is 0 Å². The van der Waals surface area contributed by atoms with Crippen molar-refractivity contribution in [2.75, 3.05) is 11.5 Å². The number of hydrogen-bond acceptors (Lipinski definition) is 2. The highest BCUT2D eigenvalue weighted by atomic mass is 32.2. The summed E-state index contributed by atoms with van der Waals surface area (Å²) in [4.78, 5) is 0. The number of thioether (sulfide) groups is 2. The van der Waals surface area contributed by atoms with Crippen LogP contribution >= 0.6 is 23.5 Å². The van der Waals surface area contributed by atoms with E-state index in [9.17, 15) is 0 Å². The Hall–Kier alpha value is 0.700. The van der Waals surface area contributed by atoms with Crippen molar-refractivity contribution in [3.05, 3.63) is 0 Å². The fourth-order valence-corrected chi connectivity index (χ4v) is 9.61. The normalized spacial score (nSPS) is 17.2. The lowest BCUT2D eigenvalue weighted by molar-refractivity contribution is 0.496. The van der Waals surface area contributed by atoms with Gasteiger partial charge in [0.05, 0.1) is 4.08 Å². The first-order valence-corrected chi connectivity index (χ1v) is 20.1. The second kappa shape index (κ2) is 29.2. The third-order valence-corrected chi connectivity index (χ3v) is 12.4. The van der Waals surface area contributed by atoms with Crippen molar-refractivity contribution in [2.45, 2.75) is 217 Å². The van der Waals surface area contributed by atoms with Gasteiger partial charge in [-0.15, -0.1) is 23.5 Å². The van der Waals surface area contributed by atoms with Crippen molar-refractivity contribution in [3.63, 3.8) is 0 Å². The topological polar surface area (TPSA) is 0 Å². The van der Waals surface area contributed by atoms with Gasteiger partial charge in [-0.05, 0) is 37.2 Å². The first-order chi connectivity index (χ1) is 18.8. The smallest absolute Gasteiger partial charge is 0.0611 e. The summed E-state index contributed by atoms with van der Waals surface area (Å²) < 4.78 is 0.539. The van der Waals surface area contributed by atoms with Crippen LogP contribution in [-0.2, 0) is 0 Å². The summed E-state index contributed by atoms with van der Waals surface area (Å²) in [7, 11) is 0. The van der Waals surface area contributed by atoms with E-state index in [2.05, 4.69) is 37.4 Å². The third-order valence-electron chi connectivity index (χ3n) is 8.84. The summed E-state index contributed by atoms with van der Waals surface area (Å²) in [6, 6.07) is 0. The molecule has 0 N–H and O–H groups in total. The second-order valence-electron chi connectivity index (χ2n) is 12.7. The molecule has 0 spiro atoms. The Morgan fingerprint density at radius 3 is 0.921 bits per heavy atom. The maximum Gasteiger partial charge on any atom is 0.0611 e. The van der Waals surface area contributed by atoms with E-state index in [0.29, 0.717) is 4.08 Å². The van der Waals surface area contributed by atoms with Crippen molar-refractivity contribution < 1.29 is 0 Å². The zero-order valence-electron chi connectivity index (χ0n) is 26.7. The molecule has 38 heavy (non-hydrogen) atoms. The average molecular weight is 569 g/mol. The lowest BCUT2D eigenvalue weighted by Gasteiger charge is -2.34. The lowest BCUT2D eigenvalue weighted by atomic mass is 10.0. The molecular weight excluding hydrogens is 497 g/mol. The molecule has 228 valence electrons. The van der Waals surface area contributed by atoms with Crippen molar-refractivity contribution in [1.82, 2.24) is 0 Å². The molecule has 0 bridgehead atoms. The van der Waals surface area contributed by atoms with Crippen LogP contribution in [0, 0.1) is 0 Å². The van der Waals surface area contributed by atoms with Crippen LogP contribution in [0.5, 0.6) is 0 Å². The predicted octanol–water partition coefficient (Wildman–Crippen LogP) is 14.3. The fourth-order valence-electron chi connectivity index (χ4n) is 6.18. The first-order valence-electron chi connectivity index (χ1n) is 18.1. The van der Waals surface area contributed by atoms with Gasteiger partial charge in [-0.3, -0.25) is 0 Å². The molecule has 0 amide bonds. The molecule has 0 radical (unpaired) electrons. The SMILES string of the molecule is CCCCCCCCCCCCSC1(SCCCCCCCCCCCC)CCCCCCCCCCC1. The molecule has 1 saturated carbocycles. The Labute approximate surface area is 251 Å². The molecule has 0 aromatic heterocycles. The molecule has 1 aliphatic rings. The number of rotatable bonds is 24. The van der Waals surface area contributed by atoms with Crippen LogP contribution in [0.25, 0.3) is 0 Å². The van der Waals surface area contributed by atoms with Crippen LogP contribution in [0.2, 0.25) is 0 Å². The van der Waals surface area contributed by atoms with Gasteiger partial charge in [0.2, 0.25) is 0 Å². The van der Waals surface area contributed by atoms with Gasteiger partial charge in [0.25, 0.3) is 0 Å². The van der Waals surface area contributed by atoms with Crippen molar-refractivity contribution in [3.8, 4) is 0 Å². The van der Waals surface area contributed by atoms with Crippen LogP contribution in [0.1, 0.15) is 213 Å². The Kier molecular flexibility index (Phi) is 28.2. The largest absolute Gasteiger partial charge is 0.144 e. The summed E-state index contributed by atoms with van der Waals surface area (Å²) in [6.07, 6.45) is 45.6. The molecule has 1 fully saturated rings. The van der Waals surface area contributed by atoms with E-state index in [4.69, 9.17) is 0 Å². The van der Waals surface area contributed by atoms with Crippen LogP contribution in [0.15, 0.2) is 0 Å². The average Bonchev–Trinajstić information content (AvgIpc) is 2.92. The van der Waals surface area contributed by atoms with Gasteiger partial charge in [-0.1, -0.05) is 187 Å². The van der Waals surface area contributed by atoms with E-state index in [1.54, 1.807) is 0 Å².